The Bertz CT molecular complexity index is 1540. The quantitative estimate of drug-likeness (QED) is 0.238. The maximum atomic E-state index is 14.7. The number of aliphatic hydroxyl groups excluding tert-OH is 1. The van der Waals surface area contributed by atoms with Gasteiger partial charge in [-0.25, -0.2) is 0 Å². The number of anilines is 1. The van der Waals surface area contributed by atoms with Crippen LogP contribution < -0.4 is 15.0 Å². The van der Waals surface area contributed by atoms with Gasteiger partial charge in [-0.15, -0.1) is 0 Å². The average Bonchev–Trinajstić information content (AvgIpc) is 3.48. The Morgan fingerprint density at radius 3 is 2.48 bits per heavy atom. The Balaban J connectivity index is 1.39. The van der Waals surface area contributed by atoms with Gasteiger partial charge in [-0.1, -0.05) is 67.5 Å². The van der Waals surface area contributed by atoms with E-state index in [0.29, 0.717) is 37.2 Å². The number of benzene rings is 2. The molecule has 0 saturated carbocycles. The molecule has 0 aliphatic carbocycles. The van der Waals surface area contributed by atoms with Gasteiger partial charge in [0.2, 0.25) is 11.8 Å². The van der Waals surface area contributed by atoms with Crippen molar-refractivity contribution in [2.45, 2.75) is 62.3 Å². The van der Waals surface area contributed by atoms with Crippen molar-refractivity contribution in [2.75, 3.05) is 38.3 Å². The molecule has 2 aromatic rings. The second-order valence-corrected chi connectivity index (χ2v) is 12.7. The van der Waals surface area contributed by atoms with Gasteiger partial charge in [0.1, 0.15) is 24.0 Å². The predicted molar refractivity (Wildman–Crippen MR) is 177 cm³/mol. The molecule has 6 rings (SSSR count). The minimum absolute atomic E-state index is 0.0574. The van der Waals surface area contributed by atoms with Crippen LogP contribution in [0.15, 0.2) is 78.9 Å². The van der Waals surface area contributed by atoms with Crippen molar-refractivity contribution in [3.05, 3.63) is 84.5 Å². The van der Waals surface area contributed by atoms with Crippen molar-refractivity contribution in [2.24, 2.45) is 11.8 Å². The molecule has 0 aromatic heterocycles. The smallest absolute Gasteiger partial charge is 0.306 e. The molecule has 4 heterocycles. The summed E-state index contributed by atoms with van der Waals surface area (Å²) in [5, 5.41) is 12.3. The van der Waals surface area contributed by atoms with Crippen LogP contribution in [0.25, 0.3) is 0 Å². The molecule has 0 radical (unpaired) electrons. The van der Waals surface area contributed by atoms with Crippen LogP contribution in [0.1, 0.15) is 50.1 Å². The highest BCUT2D eigenvalue weighted by Crippen LogP contribution is 2.53. The Hall–Kier alpha value is -4.48. The number of likely N-dealkylation sites (tertiary alicyclic amines) is 1. The number of hydrogen-bond donors (Lipinski definition) is 2. The number of fused-ring (bicyclic) bond motifs is 2. The Labute approximate surface area is 280 Å². The molecule has 2 N–H and O–H groups in total. The molecule has 4 aliphatic heterocycles. The molecule has 48 heavy (non-hydrogen) atoms. The van der Waals surface area contributed by atoms with Crippen molar-refractivity contribution < 1.29 is 38.5 Å². The second-order valence-electron chi connectivity index (χ2n) is 12.7. The number of nitrogens with one attached hydrogen (secondary N) is 1. The lowest BCUT2D eigenvalue weighted by molar-refractivity contribution is -0.146. The number of allylic oxidation sites excluding steroid dienone is 1. The molecule has 4 aliphatic rings. The van der Waals surface area contributed by atoms with Gasteiger partial charge in [0.05, 0.1) is 31.1 Å². The van der Waals surface area contributed by atoms with Crippen molar-refractivity contribution in [1.29, 1.82) is 0 Å². The Morgan fingerprint density at radius 1 is 0.958 bits per heavy atom. The fourth-order valence-corrected chi connectivity index (χ4v) is 7.42. The van der Waals surface area contributed by atoms with E-state index in [1.54, 1.807) is 41.2 Å². The Kier molecular flexibility index (Phi) is 10.3. The summed E-state index contributed by atoms with van der Waals surface area (Å²) >= 11 is 0. The van der Waals surface area contributed by atoms with E-state index >= 15 is 0 Å². The summed E-state index contributed by atoms with van der Waals surface area (Å²) in [7, 11) is 1.58. The number of rotatable bonds is 9. The molecule has 2 aromatic carbocycles. The summed E-state index contributed by atoms with van der Waals surface area (Å²) in [5.74, 6) is -2.64. The molecule has 0 bridgehead atoms. The molecule has 254 valence electrons. The first-order valence-electron chi connectivity index (χ1n) is 16.8. The summed E-state index contributed by atoms with van der Waals surface area (Å²) < 4.78 is 17.7. The number of methoxy groups -OCH3 is 1. The number of esters is 1. The fraction of sp³-hybridized carbons (Fsp3) is 0.459. The molecule has 11 nitrogen and oxygen atoms in total. The second kappa shape index (κ2) is 14.7. The van der Waals surface area contributed by atoms with E-state index in [4.69, 9.17) is 14.2 Å². The first-order valence-corrected chi connectivity index (χ1v) is 16.8. The normalized spacial score (nSPS) is 29.5. The summed E-state index contributed by atoms with van der Waals surface area (Å²) in [5.41, 5.74) is 0.0155. The third-order valence-electron chi connectivity index (χ3n) is 9.76. The van der Waals surface area contributed by atoms with Gasteiger partial charge in [-0.05, 0) is 49.1 Å². The van der Waals surface area contributed by atoms with Gasteiger partial charge in [0, 0.05) is 31.8 Å². The number of aliphatic hydroxyl groups is 1. The number of amides is 3. The van der Waals surface area contributed by atoms with E-state index in [1.807, 2.05) is 54.6 Å². The minimum atomic E-state index is -1.40. The van der Waals surface area contributed by atoms with Crippen LogP contribution in [-0.2, 0) is 28.7 Å². The first-order chi connectivity index (χ1) is 23.4. The van der Waals surface area contributed by atoms with Crippen LogP contribution in [0.2, 0.25) is 0 Å². The van der Waals surface area contributed by atoms with Crippen LogP contribution >= 0.6 is 0 Å². The third-order valence-corrected chi connectivity index (χ3v) is 9.76. The number of carbonyl (C=O) groups excluding carboxylic acids is 4. The maximum absolute atomic E-state index is 14.7. The highest BCUT2D eigenvalue weighted by atomic mass is 16.5. The lowest BCUT2D eigenvalue weighted by atomic mass is 9.77. The standard InChI is InChI=1S/C37H43N3O8/c1-46-27-18-16-26(17-19-27)39-22-11-20-37-32(35(44)40(33(37)36(39)45)21-9-2-3-10-23-41)31-29(48-37)14-7-8-15-30(42)47-24-28(38-34(31)43)25-12-5-4-6-13-25/h4-7,11-14,16-20,28-29,31-33,41H,2-3,8-10,15,21-24H2,1H3,(H,38,43)/b14-7-/t28-,29+,31-,32-,33+,37-/m1/s1. The van der Waals surface area contributed by atoms with Crippen LogP contribution in [0, 0.1) is 11.8 Å². The van der Waals surface area contributed by atoms with E-state index in [-0.39, 0.29) is 44.0 Å². The SMILES string of the molecule is COc1ccc(N2CC=C[C@@]34O[C@H]5/C=C\CCC(=O)OC[C@H](c6ccccc6)NC(=O)[C@H]5[C@@H]3C(=O)N(CCCCCCO)[C@H]4C2=O)cc1. The molecule has 6 atom stereocenters. The van der Waals surface area contributed by atoms with Crippen molar-refractivity contribution in [1.82, 2.24) is 10.2 Å². The third kappa shape index (κ3) is 6.49. The predicted octanol–water partition coefficient (Wildman–Crippen LogP) is 3.48. The fourth-order valence-electron chi connectivity index (χ4n) is 7.42. The lowest BCUT2D eigenvalue weighted by Gasteiger charge is -2.35. The molecule has 1 spiro atoms. The summed E-state index contributed by atoms with van der Waals surface area (Å²) in [4.78, 5) is 59.5. The highest BCUT2D eigenvalue weighted by Gasteiger charge is 2.71. The number of hydrogen-bond acceptors (Lipinski definition) is 8. The topological polar surface area (TPSA) is 135 Å². The van der Waals surface area contributed by atoms with Gasteiger partial charge < -0.3 is 34.4 Å². The number of cyclic esters (lactones) is 1. The van der Waals surface area contributed by atoms with Gasteiger partial charge in [-0.2, -0.15) is 0 Å². The Morgan fingerprint density at radius 2 is 1.73 bits per heavy atom. The van der Waals surface area contributed by atoms with E-state index in [2.05, 4.69) is 5.32 Å². The van der Waals surface area contributed by atoms with Gasteiger partial charge in [0.15, 0.2) is 0 Å². The first kappa shape index (κ1) is 33.4. The molecule has 2 saturated heterocycles. The lowest BCUT2D eigenvalue weighted by Crippen LogP contribution is -2.55. The zero-order chi connectivity index (χ0) is 33.7. The maximum Gasteiger partial charge on any atom is 0.306 e. The number of nitrogens with zero attached hydrogens (tertiary/aromatic N) is 2. The van der Waals surface area contributed by atoms with E-state index < -0.39 is 41.5 Å². The molecule has 11 heteroatoms. The zero-order valence-corrected chi connectivity index (χ0v) is 27.2. The van der Waals surface area contributed by atoms with Gasteiger partial charge >= 0.3 is 5.97 Å². The van der Waals surface area contributed by atoms with E-state index in [0.717, 1.165) is 18.4 Å². The highest BCUT2D eigenvalue weighted by molar-refractivity contribution is 6.05. The van der Waals surface area contributed by atoms with Crippen LogP contribution in [-0.4, -0.2) is 84.9 Å². The zero-order valence-electron chi connectivity index (χ0n) is 27.2. The largest absolute Gasteiger partial charge is 0.497 e. The van der Waals surface area contributed by atoms with E-state index in [1.165, 1.54) is 0 Å². The van der Waals surface area contributed by atoms with Crippen molar-refractivity contribution >= 4 is 29.4 Å². The molecular formula is C37H43N3O8. The molecule has 0 unspecified atom stereocenters. The van der Waals surface area contributed by atoms with Crippen molar-refractivity contribution in [3.8, 4) is 5.75 Å². The van der Waals surface area contributed by atoms with Crippen LogP contribution in [0.4, 0.5) is 5.69 Å². The monoisotopic (exact) mass is 657 g/mol. The summed E-state index contributed by atoms with van der Waals surface area (Å²) in [6.45, 7) is 0.603. The minimum Gasteiger partial charge on any atom is -0.497 e. The van der Waals surface area contributed by atoms with Crippen molar-refractivity contribution in [3.63, 3.8) is 0 Å². The van der Waals surface area contributed by atoms with Gasteiger partial charge in [-0.3, -0.25) is 19.2 Å². The number of unbranched alkanes of at least 4 members (excludes halogenated alkanes) is 3. The molecular weight excluding hydrogens is 614 g/mol. The van der Waals surface area contributed by atoms with Crippen LogP contribution in [0.3, 0.4) is 0 Å². The van der Waals surface area contributed by atoms with Crippen LogP contribution in [0.5, 0.6) is 5.75 Å². The van der Waals surface area contributed by atoms with Gasteiger partial charge in [0.25, 0.3) is 5.91 Å². The molecule has 3 amide bonds. The molecule has 2 fully saturated rings. The average molecular weight is 658 g/mol. The number of ether oxygens (including phenoxy) is 3. The summed E-state index contributed by atoms with van der Waals surface area (Å²) in [6, 6.07) is 14.8. The number of carbonyl (C=O) groups is 4. The summed E-state index contributed by atoms with van der Waals surface area (Å²) in [6.07, 6.45) is 9.77. The van der Waals surface area contributed by atoms with E-state index in [9.17, 15) is 24.3 Å².